The average Bonchev–Trinajstić information content (AvgIpc) is 2.50. The molecular formula is C16H29BN2O4. The smallest absolute Gasteiger partial charge is 0.426 e. The lowest BCUT2D eigenvalue weighted by Crippen LogP contribution is -2.46. The molecule has 130 valence electrons. The van der Waals surface area contributed by atoms with Crippen LogP contribution in [0.4, 0.5) is 0 Å². The molecule has 1 fully saturated rings. The highest BCUT2D eigenvalue weighted by Crippen LogP contribution is 2.22. The second-order valence-corrected chi connectivity index (χ2v) is 6.74. The van der Waals surface area contributed by atoms with Crippen molar-refractivity contribution in [3.8, 4) is 0 Å². The summed E-state index contributed by atoms with van der Waals surface area (Å²) in [5.41, 5.74) is 0. The molecule has 6 nitrogen and oxygen atoms in total. The maximum Gasteiger partial charge on any atom is 0.475 e. The highest BCUT2D eigenvalue weighted by molar-refractivity contribution is 6.43. The molecule has 0 spiro atoms. The van der Waals surface area contributed by atoms with E-state index in [2.05, 4.69) is 10.6 Å². The van der Waals surface area contributed by atoms with Crippen molar-refractivity contribution in [2.75, 3.05) is 6.54 Å². The van der Waals surface area contributed by atoms with Crippen LogP contribution in [-0.2, 0) is 9.59 Å². The van der Waals surface area contributed by atoms with Crippen molar-refractivity contribution in [1.29, 1.82) is 0 Å². The molecule has 4 N–H and O–H groups in total. The van der Waals surface area contributed by atoms with Crippen molar-refractivity contribution in [1.82, 2.24) is 10.6 Å². The zero-order valence-corrected chi connectivity index (χ0v) is 14.1. The second kappa shape index (κ2) is 10.4. The molecule has 0 saturated heterocycles. The minimum atomic E-state index is -1.62. The lowest BCUT2D eigenvalue weighted by molar-refractivity contribution is -0.119. The van der Waals surface area contributed by atoms with Crippen molar-refractivity contribution in [3.63, 3.8) is 0 Å². The molecule has 0 radical (unpaired) electrons. The second-order valence-electron chi connectivity index (χ2n) is 6.74. The third kappa shape index (κ3) is 8.76. The predicted molar refractivity (Wildman–Crippen MR) is 90.3 cm³/mol. The Labute approximate surface area is 138 Å². The van der Waals surface area contributed by atoms with Gasteiger partial charge in [0, 0.05) is 18.7 Å². The van der Waals surface area contributed by atoms with Gasteiger partial charge in [0.15, 0.2) is 0 Å². The van der Waals surface area contributed by atoms with E-state index >= 15 is 0 Å². The molecule has 0 aromatic carbocycles. The van der Waals surface area contributed by atoms with Gasteiger partial charge in [-0.05, 0) is 31.1 Å². The molecule has 1 atom stereocenters. The van der Waals surface area contributed by atoms with Gasteiger partial charge in [-0.15, -0.1) is 0 Å². The minimum absolute atomic E-state index is 0.213. The Morgan fingerprint density at radius 2 is 1.74 bits per heavy atom. The maximum atomic E-state index is 11.7. The van der Waals surface area contributed by atoms with Gasteiger partial charge in [0.1, 0.15) is 0 Å². The number of hydrogen-bond donors (Lipinski definition) is 4. The van der Waals surface area contributed by atoms with Crippen LogP contribution in [0.15, 0.2) is 12.2 Å². The fourth-order valence-electron chi connectivity index (χ4n) is 2.84. The Morgan fingerprint density at radius 3 is 2.30 bits per heavy atom. The van der Waals surface area contributed by atoms with E-state index in [-0.39, 0.29) is 11.8 Å². The molecular weight excluding hydrogens is 295 g/mol. The van der Waals surface area contributed by atoms with E-state index in [9.17, 15) is 19.6 Å². The summed E-state index contributed by atoms with van der Waals surface area (Å²) >= 11 is 0. The van der Waals surface area contributed by atoms with Crippen LogP contribution >= 0.6 is 0 Å². The number of carbonyl (C=O) groups is 2. The Kier molecular flexibility index (Phi) is 8.95. The third-order valence-corrected chi connectivity index (χ3v) is 4.09. The minimum Gasteiger partial charge on any atom is -0.426 e. The van der Waals surface area contributed by atoms with Crippen molar-refractivity contribution in [3.05, 3.63) is 12.2 Å². The van der Waals surface area contributed by atoms with Crippen LogP contribution in [-0.4, -0.2) is 41.5 Å². The van der Waals surface area contributed by atoms with Crippen molar-refractivity contribution in [2.45, 2.75) is 58.3 Å². The standard InChI is InChI=1S/C16H29BN2O4/c1-12(2)10-14(17(22)23)19-16(21)9-8-15(20)18-11-13-6-4-3-5-7-13/h8-9,12-14,22-23H,3-7,10-11H2,1-2H3,(H,18,20)(H,19,21)/b9-8+. The number of carbonyl (C=O) groups excluding carboxylic acids is 2. The van der Waals surface area contributed by atoms with E-state index in [1.165, 1.54) is 25.3 Å². The first-order chi connectivity index (χ1) is 10.9. The van der Waals surface area contributed by atoms with Crippen LogP contribution in [0.2, 0.25) is 0 Å². The first kappa shape index (κ1) is 19.7. The molecule has 1 aliphatic carbocycles. The molecule has 0 heterocycles. The first-order valence-electron chi connectivity index (χ1n) is 8.51. The quantitative estimate of drug-likeness (QED) is 0.392. The molecule has 0 bridgehead atoms. The molecule has 0 aliphatic heterocycles. The summed E-state index contributed by atoms with van der Waals surface area (Å²) in [4.78, 5) is 23.5. The molecule has 1 rings (SSSR count). The number of rotatable bonds is 8. The Balaban J connectivity index is 2.33. The van der Waals surface area contributed by atoms with E-state index in [1.807, 2.05) is 13.8 Å². The fraction of sp³-hybridized carbons (Fsp3) is 0.750. The molecule has 1 aliphatic rings. The van der Waals surface area contributed by atoms with Gasteiger partial charge in [-0.1, -0.05) is 33.1 Å². The molecule has 1 unspecified atom stereocenters. The molecule has 23 heavy (non-hydrogen) atoms. The molecule has 0 aromatic heterocycles. The summed E-state index contributed by atoms with van der Waals surface area (Å²) in [5.74, 6) is -0.788. The number of amides is 2. The number of hydrogen-bond acceptors (Lipinski definition) is 4. The predicted octanol–water partition coefficient (Wildman–Crippen LogP) is 0.782. The monoisotopic (exact) mass is 324 g/mol. The summed E-state index contributed by atoms with van der Waals surface area (Å²) in [7, 11) is -1.62. The van der Waals surface area contributed by atoms with Gasteiger partial charge < -0.3 is 20.7 Å². The highest BCUT2D eigenvalue weighted by Gasteiger charge is 2.25. The van der Waals surface area contributed by atoms with Crippen LogP contribution < -0.4 is 10.6 Å². The Bertz CT molecular complexity index is 407. The van der Waals surface area contributed by atoms with Gasteiger partial charge in [-0.3, -0.25) is 9.59 Å². The van der Waals surface area contributed by atoms with Crippen LogP contribution in [0.3, 0.4) is 0 Å². The summed E-state index contributed by atoms with van der Waals surface area (Å²) in [6, 6.07) is 0. The van der Waals surface area contributed by atoms with Crippen LogP contribution in [0.5, 0.6) is 0 Å². The lowest BCUT2D eigenvalue weighted by atomic mass is 9.75. The highest BCUT2D eigenvalue weighted by atomic mass is 16.4. The van der Waals surface area contributed by atoms with E-state index in [4.69, 9.17) is 0 Å². The van der Waals surface area contributed by atoms with E-state index in [0.717, 1.165) is 18.9 Å². The zero-order valence-electron chi connectivity index (χ0n) is 14.1. The van der Waals surface area contributed by atoms with Gasteiger partial charge in [0.25, 0.3) is 0 Å². The molecule has 2 amide bonds. The SMILES string of the molecule is CC(C)CC(NC(=O)/C=C/C(=O)NCC1CCCCC1)B(O)O. The van der Waals surface area contributed by atoms with Crippen molar-refractivity contribution in [2.24, 2.45) is 11.8 Å². The lowest BCUT2D eigenvalue weighted by Gasteiger charge is -2.21. The van der Waals surface area contributed by atoms with Gasteiger partial charge in [0.05, 0.1) is 5.94 Å². The molecule has 1 saturated carbocycles. The fourth-order valence-corrected chi connectivity index (χ4v) is 2.84. The van der Waals surface area contributed by atoms with E-state index in [1.54, 1.807) is 0 Å². The van der Waals surface area contributed by atoms with Gasteiger partial charge in [-0.2, -0.15) is 0 Å². The van der Waals surface area contributed by atoms with Gasteiger partial charge in [-0.25, -0.2) is 0 Å². The largest absolute Gasteiger partial charge is 0.475 e. The van der Waals surface area contributed by atoms with E-state index < -0.39 is 19.0 Å². The van der Waals surface area contributed by atoms with Crippen molar-refractivity contribution >= 4 is 18.9 Å². The average molecular weight is 324 g/mol. The van der Waals surface area contributed by atoms with Crippen LogP contribution in [0.1, 0.15) is 52.4 Å². The van der Waals surface area contributed by atoms with Gasteiger partial charge in [0.2, 0.25) is 11.8 Å². The third-order valence-electron chi connectivity index (χ3n) is 4.09. The molecule has 7 heteroatoms. The molecule has 0 aromatic rings. The summed E-state index contributed by atoms with van der Waals surface area (Å²) in [6.45, 7) is 4.50. The normalized spacial score (nSPS) is 17.3. The van der Waals surface area contributed by atoms with E-state index in [0.29, 0.717) is 18.9 Å². The number of nitrogens with one attached hydrogen (secondary N) is 2. The van der Waals surface area contributed by atoms with Crippen molar-refractivity contribution < 1.29 is 19.6 Å². The zero-order chi connectivity index (χ0) is 17.2. The summed E-state index contributed by atoms with van der Waals surface area (Å²) in [6.07, 6.45) is 8.79. The maximum absolute atomic E-state index is 11.7. The first-order valence-corrected chi connectivity index (χ1v) is 8.51. The summed E-state index contributed by atoms with van der Waals surface area (Å²) in [5, 5.41) is 23.8. The van der Waals surface area contributed by atoms with Crippen LogP contribution in [0.25, 0.3) is 0 Å². The topological polar surface area (TPSA) is 98.7 Å². The summed E-state index contributed by atoms with van der Waals surface area (Å²) < 4.78 is 0. The Hall–Kier alpha value is -1.34. The van der Waals surface area contributed by atoms with Gasteiger partial charge >= 0.3 is 7.12 Å². The Morgan fingerprint density at radius 1 is 1.13 bits per heavy atom. The van der Waals surface area contributed by atoms with Crippen LogP contribution in [0, 0.1) is 11.8 Å².